The minimum absolute atomic E-state index is 0.158. The van der Waals surface area contributed by atoms with Crippen LogP contribution < -0.4 is 0 Å². The van der Waals surface area contributed by atoms with Crippen molar-refractivity contribution >= 4 is 50.1 Å². The number of hydrogen-bond acceptors (Lipinski definition) is 3. The molecule has 0 aliphatic rings. The van der Waals surface area contributed by atoms with Crippen molar-refractivity contribution in [3.63, 3.8) is 0 Å². The van der Waals surface area contributed by atoms with Crippen LogP contribution >= 0.6 is 34.3 Å². The van der Waals surface area contributed by atoms with E-state index >= 15 is 0 Å². The van der Waals surface area contributed by atoms with E-state index in [0.29, 0.717) is 6.42 Å². The highest BCUT2D eigenvalue weighted by Crippen LogP contribution is 2.28. The zero-order valence-electron chi connectivity index (χ0n) is 9.35. The molecular weight excluding hydrogens is 284 g/mol. The summed E-state index contributed by atoms with van der Waals surface area (Å²) in [5, 5.41) is 3.00. The molecule has 0 amide bonds. The van der Waals surface area contributed by atoms with Gasteiger partial charge in [-0.25, -0.2) is 0 Å². The molecule has 0 bridgehead atoms. The SMILES string of the molecule is O=C(Cc1ccc(Cl)s1)c1csc2ccccc12. The Balaban J connectivity index is 1.92. The molecule has 0 atom stereocenters. The van der Waals surface area contributed by atoms with Gasteiger partial charge in [-0.15, -0.1) is 22.7 Å². The summed E-state index contributed by atoms with van der Waals surface area (Å²) in [7, 11) is 0. The molecule has 0 spiro atoms. The number of Topliss-reactive ketones (excluding diaryl/α,β-unsaturated/α-hetero) is 1. The highest BCUT2D eigenvalue weighted by Gasteiger charge is 2.13. The predicted molar refractivity (Wildman–Crippen MR) is 79.2 cm³/mol. The monoisotopic (exact) mass is 292 g/mol. The summed E-state index contributed by atoms with van der Waals surface area (Å²) in [6, 6.07) is 11.7. The Morgan fingerprint density at radius 2 is 2.00 bits per heavy atom. The number of benzene rings is 1. The molecule has 1 aromatic carbocycles. The van der Waals surface area contributed by atoms with Crippen molar-refractivity contribution in [3.05, 3.63) is 56.6 Å². The zero-order chi connectivity index (χ0) is 12.5. The van der Waals surface area contributed by atoms with Gasteiger partial charge in [0.25, 0.3) is 0 Å². The summed E-state index contributed by atoms with van der Waals surface area (Å²) in [5.74, 6) is 0.158. The van der Waals surface area contributed by atoms with Gasteiger partial charge in [0.1, 0.15) is 0 Å². The maximum atomic E-state index is 12.3. The fraction of sp³-hybridized carbons (Fsp3) is 0.0714. The van der Waals surface area contributed by atoms with E-state index in [1.165, 1.54) is 11.3 Å². The van der Waals surface area contributed by atoms with Crippen LogP contribution in [0.3, 0.4) is 0 Å². The van der Waals surface area contributed by atoms with Gasteiger partial charge in [0, 0.05) is 32.3 Å². The second-order valence-corrected chi connectivity index (χ2v) is 6.66. The van der Waals surface area contributed by atoms with Gasteiger partial charge in [-0.05, 0) is 18.2 Å². The molecule has 1 nitrogen and oxygen atoms in total. The Morgan fingerprint density at radius 3 is 2.78 bits per heavy atom. The molecular formula is C14H9ClOS2. The summed E-state index contributed by atoms with van der Waals surface area (Å²) in [5.41, 5.74) is 0.820. The van der Waals surface area contributed by atoms with Crippen LogP contribution in [0.15, 0.2) is 41.8 Å². The van der Waals surface area contributed by atoms with Crippen LogP contribution in [0.5, 0.6) is 0 Å². The molecule has 90 valence electrons. The van der Waals surface area contributed by atoms with Crippen molar-refractivity contribution in [2.75, 3.05) is 0 Å². The first-order valence-electron chi connectivity index (χ1n) is 5.47. The fourth-order valence-corrected chi connectivity index (χ4v) is 3.95. The Kier molecular flexibility index (Phi) is 3.20. The van der Waals surface area contributed by atoms with Gasteiger partial charge in [-0.3, -0.25) is 4.79 Å². The number of carbonyl (C=O) groups is 1. The third kappa shape index (κ3) is 2.21. The number of carbonyl (C=O) groups excluding carboxylic acids is 1. The standard InChI is InChI=1S/C14H9ClOS2/c15-14-6-5-9(18-14)7-12(16)11-8-17-13-4-2-1-3-10(11)13/h1-6,8H,7H2. The summed E-state index contributed by atoms with van der Waals surface area (Å²) in [6.45, 7) is 0. The smallest absolute Gasteiger partial charge is 0.169 e. The molecule has 3 rings (SSSR count). The van der Waals surface area contributed by atoms with Crippen LogP contribution in [-0.4, -0.2) is 5.78 Å². The lowest BCUT2D eigenvalue weighted by Crippen LogP contribution is -2.00. The predicted octanol–water partition coefficient (Wildman–Crippen LogP) is 5.04. The van der Waals surface area contributed by atoms with Crippen molar-refractivity contribution in [3.8, 4) is 0 Å². The summed E-state index contributed by atoms with van der Waals surface area (Å²) in [6.07, 6.45) is 0.429. The van der Waals surface area contributed by atoms with Crippen molar-refractivity contribution < 1.29 is 4.79 Å². The Labute approximate surface area is 118 Å². The highest BCUT2D eigenvalue weighted by molar-refractivity contribution is 7.17. The van der Waals surface area contributed by atoms with Crippen LogP contribution in [0, 0.1) is 0 Å². The molecule has 0 radical (unpaired) electrons. The number of fused-ring (bicyclic) bond motifs is 1. The van der Waals surface area contributed by atoms with Gasteiger partial charge < -0.3 is 0 Å². The van der Waals surface area contributed by atoms with Crippen LogP contribution in [0.4, 0.5) is 0 Å². The Bertz CT molecular complexity index is 711. The van der Waals surface area contributed by atoms with Gasteiger partial charge in [-0.2, -0.15) is 0 Å². The van der Waals surface area contributed by atoms with Crippen LogP contribution in [0.25, 0.3) is 10.1 Å². The molecule has 0 aliphatic carbocycles. The van der Waals surface area contributed by atoms with Crippen LogP contribution in [-0.2, 0) is 6.42 Å². The number of hydrogen-bond donors (Lipinski definition) is 0. The second-order valence-electron chi connectivity index (χ2n) is 3.95. The molecule has 0 saturated carbocycles. The number of thiophene rings is 2. The van der Waals surface area contributed by atoms with Gasteiger partial charge in [0.05, 0.1) is 4.34 Å². The first-order valence-corrected chi connectivity index (χ1v) is 7.55. The van der Waals surface area contributed by atoms with Crippen LogP contribution in [0.1, 0.15) is 15.2 Å². The lowest BCUT2D eigenvalue weighted by atomic mass is 10.1. The number of halogens is 1. The summed E-state index contributed by atoms with van der Waals surface area (Å²) >= 11 is 8.95. The van der Waals surface area contributed by atoms with E-state index in [4.69, 9.17) is 11.6 Å². The molecule has 3 aromatic rings. The lowest BCUT2D eigenvalue weighted by Gasteiger charge is -1.97. The summed E-state index contributed by atoms with van der Waals surface area (Å²) in [4.78, 5) is 13.3. The van der Waals surface area contributed by atoms with Gasteiger partial charge in [-0.1, -0.05) is 29.8 Å². The van der Waals surface area contributed by atoms with E-state index in [2.05, 4.69) is 0 Å². The first kappa shape index (κ1) is 11.9. The maximum absolute atomic E-state index is 12.3. The number of rotatable bonds is 3. The van der Waals surface area contributed by atoms with Gasteiger partial charge in [0.2, 0.25) is 0 Å². The van der Waals surface area contributed by atoms with E-state index in [9.17, 15) is 4.79 Å². The molecule has 0 N–H and O–H groups in total. The topological polar surface area (TPSA) is 17.1 Å². The average Bonchev–Trinajstić information content (AvgIpc) is 2.95. The molecule has 0 aliphatic heterocycles. The van der Waals surface area contributed by atoms with Gasteiger partial charge in [0.15, 0.2) is 5.78 Å². The lowest BCUT2D eigenvalue weighted by molar-refractivity contribution is 0.0996. The van der Waals surface area contributed by atoms with Crippen LogP contribution in [0.2, 0.25) is 4.34 Å². The van der Waals surface area contributed by atoms with Crippen molar-refractivity contribution in [1.29, 1.82) is 0 Å². The largest absolute Gasteiger partial charge is 0.294 e. The minimum atomic E-state index is 0.158. The Hall–Kier alpha value is -1.16. The van der Waals surface area contributed by atoms with E-state index in [-0.39, 0.29) is 5.78 Å². The van der Waals surface area contributed by atoms with E-state index < -0.39 is 0 Å². The zero-order valence-corrected chi connectivity index (χ0v) is 11.7. The third-order valence-electron chi connectivity index (χ3n) is 2.75. The molecule has 0 fully saturated rings. The normalized spacial score (nSPS) is 10.9. The Morgan fingerprint density at radius 1 is 1.17 bits per heavy atom. The highest BCUT2D eigenvalue weighted by atomic mass is 35.5. The molecule has 0 unspecified atom stereocenters. The number of ketones is 1. The third-order valence-corrected chi connectivity index (χ3v) is 4.94. The van der Waals surface area contributed by atoms with E-state index in [0.717, 1.165) is 24.9 Å². The molecule has 0 saturated heterocycles. The quantitative estimate of drug-likeness (QED) is 0.618. The van der Waals surface area contributed by atoms with E-state index in [1.54, 1.807) is 11.3 Å². The molecule has 18 heavy (non-hydrogen) atoms. The van der Waals surface area contributed by atoms with Crippen molar-refractivity contribution in [2.45, 2.75) is 6.42 Å². The van der Waals surface area contributed by atoms with Crippen molar-refractivity contribution in [2.24, 2.45) is 0 Å². The molecule has 2 aromatic heterocycles. The average molecular weight is 293 g/mol. The molecule has 4 heteroatoms. The minimum Gasteiger partial charge on any atom is -0.294 e. The maximum Gasteiger partial charge on any atom is 0.169 e. The first-order chi connectivity index (χ1) is 8.74. The molecule has 2 heterocycles. The van der Waals surface area contributed by atoms with Crippen molar-refractivity contribution in [1.82, 2.24) is 0 Å². The van der Waals surface area contributed by atoms with E-state index in [1.807, 2.05) is 41.8 Å². The van der Waals surface area contributed by atoms with Gasteiger partial charge >= 0.3 is 0 Å². The second kappa shape index (κ2) is 4.84. The summed E-state index contributed by atoms with van der Waals surface area (Å²) < 4.78 is 1.89. The fourth-order valence-electron chi connectivity index (χ4n) is 1.89.